The van der Waals surface area contributed by atoms with E-state index in [-0.39, 0.29) is 12.2 Å². The number of nitrogens with zero attached hydrogens (tertiary/aromatic N) is 1. The number of rotatable bonds is 2. The third-order valence-electron chi connectivity index (χ3n) is 4.08. The summed E-state index contributed by atoms with van der Waals surface area (Å²) in [6.07, 6.45) is 1.81. The van der Waals surface area contributed by atoms with Crippen molar-refractivity contribution < 1.29 is 38.7 Å². The van der Waals surface area contributed by atoms with Crippen molar-refractivity contribution in [2.45, 2.75) is 11.8 Å². The summed E-state index contributed by atoms with van der Waals surface area (Å²) in [5.41, 5.74) is -2.32. The summed E-state index contributed by atoms with van der Waals surface area (Å²) in [6, 6.07) is 0. The van der Waals surface area contributed by atoms with Crippen LogP contribution in [-0.4, -0.2) is 54.6 Å². The molecule has 3 atom stereocenters. The van der Waals surface area contributed by atoms with Crippen LogP contribution in [0.1, 0.15) is 6.42 Å². The van der Waals surface area contributed by atoms with Gasteiger partial charge in [0.1, 0.15) is 11.7 Å². The Bertz CT molecular complexity index is 711. The molecule has 3 rings (SSSR count). The number of thioether (sulfide) groups is 1. The summed E-state index contributed by atoms with van der Waals surface area (Å²) >= 11 is 1.03. The first-order chi connectivity index (χ1) is 10.3. The second-order valence-electron chi connectivity index (χ2n) is 5.14. The van der Waals surface area contributed by atoms with E-state index < -0.39 is 51.9 Å². The van der Waals surface area contributed by atoms with E-state index in [1.807, 2.05) is 0 Å². The van der Waals surface area contributed by atoms with Gasteiger partial charge in [0.15, 0.2) is 11.5 Å². The molecule has 3 aliphatic rings. The molecule has 2 heterocycles. The van der Waals surface area contributed by atoms with Gasteiger partial charge in [-0.2, -0.15) is 0 Å². The molecule has 1 amide bonds. The van der Waals surface area contributed by atoms with Gasteiger partial charge >= 0.3 is 17.8 Å². The van der Waals surface area contributed by atoms with E-state index >= 15 is 0 Å². The standard InChI is InChI=1S/C13H10FNO6S/c14-7-3-4-22-11-13(12(20)21,10(19)15(7)11)8-5(16)1-2-6(17)9(8)18/h1-2,8,11H,3-4H2,(H2-,16,17,18,20,21)/p+1/t8?,11-,13?/m0/s1. The number of aliphatic hydroxyl groups excluding tert-OH is 2. The number of carbonyl (C=O) groups excluding carboxylic acids is 2. The lowest BCUT2D eigenvalue weighted by Crippen LogP contribution is -2.73. The summed E-state index contributed by atoms with van der Waals surface area (Å²) in [6.45, 7) is 0. The fraction of sp³-hybridized carbons (Fsp3) is 0.385. The molecule has 116 valence electrons. The monoisotopic (exact) mass is 328 g/mol. The van der Waals surface area contributed by atoms with Crippen molar-refractivity contribution in [3.63, 3.8) is 0 Å². The first kappa shape index (κ1) is 14.8. The number of hydrogen-bond donors (Lipinski definition) is 3. The molecule has 7 nitrogen and oxygen atoms in total. The summed E-state index contributed by atoms with van der Waals surface area (Å²) in [7, 11) is 0. The highest BCUT2D eigenvalue weighted by molar-refractivity contribution is 7.99. The van der Waals surface area contributed by atoms with Crippen molar-refractivity contribution in [3.8, 4) is 0 Å². The molecule has 2 unspecified atom stereocenters. The molecule has 0 spiro atoms. The summed E-state index contributed by atoms with van der Waals surface area (Å²) in [4.78, 5) is 36.2. The number of carboxylic acids is 1. The molecule has 2 aliphatic heterocycles. The van der Waals surface area contributed by atoms with Crippen molar-refractivity contribution in [3.05, 3.63) is 23.7 Å². The van der Waals surface area contributed by atoms with Crippen molar-refractivity contribution in [1.82, 2.24) is 0 Å². The topological polar surface area (TPSA) is 115 Å². The van der Waals surface area contributed by atoms with Gasteiger partial charge < -0.3 is 15.3 Å². The number of carbonyl (C=O) groups is 3. The molecule has 0 aromatic rings. The maximum atomic E-state index is 13.8. The molecule has 0 aromatic carbocycles. The van der Waals surface area contributed by atoms with Crippen molar-refractivity contribution in [2.75, 3.05) is 5.75 Å². The molecule has 1 fully saturated rings. The molecule has 3 N–H and O–H groups in total. The Morgan fingerprint density at radius 1 is 1.36 bits per heavy atom. The molecule has 9 heteroatoms. The van der Waals surface area contributed by atoms with Crippen molar-refractivity contribution >= 4 is 35.4 Å². The second kappa shape index (κ2) is 4.67. The molecule has 0 radical (unpaired) electrons. The van der Waals surface area contributed by atoms with Gasteiger partial charge in [0, 0.05) is 5.75 Å². The number of β-lactam (4-membered cyclic amide) rings is 1. The van der Waals surface area contributed by atoms with E-state index in [0.29, 0.717) is 4.58 Å². The van der Waals surface area contributed by atoms with Crippen LogP contribution in [0.2, 0.25) is 0 Å². The smallest absolute Gasteiger partial charge is 0.416 e. The average molecular weight is 328 g/mol. The highest BCUT2D eigenvalue weighted by atomic mass is 32.2. The van der Waals surface area contributed by atoms with E-state index in [2.05, 4.69) is 0 Å². The minimum absolute atomic E-state index is 0.00576. The average Bonchev–Trinajstić information content (AvgIpc) is 2.46. The minimum atomic E-state index is -2.32. The number of aliphatic hydroxyl groups is 2. The van der Waals surface area contributed by atoms with Crippen LogP contribution in [-0.2, 0) is 14.4 Å². The van der Waals surface area contributed by atoms with Gasteiger partial charge in [0.2, 0.25) is 5.37 Å². The number of aliphatic carboxylic acids is 1. The van der Waals surface area contributed by atoms with Crippen molar-refractivity contribution in [2.24, 2.45) is 11.3 Å². The molecule has 0 bridgehead atoms. The first-order valence-electron chi connectivity index (χ1n) is 6.37. The van der Waals surface area contributed by atoms with Gasteiger partial charge in [-0.05, 0) is 12.2 Å². The van der Waals surface area contributed by atoms with Gasteiger partial charge in [-0.3, -0.25) is 9.59 Å². The highest BCUT2D eigenvalue weighted by Gasteiger charge is 2.81. The van der Waals surface area contributed by atoms with Crippen molar-refractivity contribution in [1.29, 1.82) is 0 Å². The third kappa shape index (κ3) is 1.57. The summed E-state index contributed by atoms with van der Waals surface area (Å²) in [5.74, 6) is -7.37. The quantitative estimate of drug-likeness (QED) is 0.384. The number of halogens is 1. The zero-order chi connectivity index (χ0) is 16.2. The predicted molar refractivity (Wildman–Crippen MR) is 72.2 cm³/mol. The lowest BCUT2D eigenvalue weighted by atomic mass is 9.65. The predicted octanol–water partition coefficient (Wildman–Crippen LogP) is 0.524. The summed E-state index contributed by atoms with van der Waals surface area (Å²) < 4.78 is 14.5. The van der Waals surface area contributed by atoms with Gasteiger partial charge in [0.25, 0.3) is 5.41 Å². The first-order valence-corrected chi connectivity index (χ1v) is 7.42. The largest absolute Gasteiger partial charge is 0.508 e. The number of amides is 1. The molecule has 0 saturated carbocycles. The van der Waals surface area contributed by atoms with Crippen LogP contribution >= 0.6 is 11.8 Å². The van der Waals surface area contributed by atoms with Crippen LogP contribution in [0.3, 0.4) is 0 Å². The zero-order valence-electron chi connectivity index (χ0n) is 11.0. The van der Waals surface area contributed by atoms with Crippen LogP contribution in [0.4, 0.5) is 4.39 Å². The number of ketones is 1. The van der Waals surface area contributed by atoms with E-state index in [4.69, 9.17) is 0 Å². The van der Waals surface area contributed by atoms with Crippen LogP contribution in [0.25, 0.3) is 0 Å². The Morgan fingerprint density at radius 2 is 2.05 bits per heavy atom. The maximum absolute atomic E-state index is 13.8. The lowest BCUT2D eigenvalue weighted by molar-refractivity contribution is -0.543. The van der Waals surface area contributed by atoms with E-state index in [0.717, 1.165) is 23.9 Å². The van der Waals surface area contributed by atoms with Crippen LogP contribution in [0.15, 0.2) is 23.7 Å². The maximum Gasteiger partial charge on any atom is 0.416 e. The van der Waals surface area contributed by atoms with Gasteiger partial charge in [0.05, 0.1) is 6.42 Å². The minimum Gasteiger partial charge on any atom is -0.508 e. The number of carboxylic acid groups (broad SMARTS) is 1. The molecule has 1 saturated heterocycles. The Morgan fingerprint density at radius 3 is 2.68 bits per heavy atom. The van der Waals surface area contributed by atoms with E-state index in [1.165, 1.54) is 0 Å². The molecule has 0 aromatic heterocycles. The van der Waals surface area contributed by atoms with Crippen LogP contribution < -0.4 is 0 Å². The molecular formula is C13H11FNO6S+. The van der Waals surface area contributed by atoms with Gasteiger partial charge in [-0.1, -0.05) is 11.8 Å². The zero-order valence-corrected chi connectivity index (χ0v) is 11.8. The van der Waals surface area contributed by atoms with Gasteiger partial charge in [-0.25, -0.2) is 4.79 Å². The highest BCUT2D eigenvalue weighted by Crippen LogP contribution is 2.53. The number of fused-ring (bicyclic) bond motifs is 1. The Kier molecular flexibility index (Phi) is 3.13. The Hall–Kier alpha value is -2.16. The normalized spacial score (nSPS) is 34.6. The Labute approximate surface area is 127 Å². The molecular weight excluding hydrogens is 317 g/mol. The summed E-state index contributed by atoms with van der Waals surface area (Å²) in [5, 5.41) is 27.9. The van der Waals surface area contributed by atoms with Crippen LogP contribution in [0.5, 0.6) is 0 Å². The second-order valence-corrected chi connectivity index (χ2v) is 6.33. The van der Waals surface area contributed by atoms with E-state index in [9.17, 15) is 34.1 Å². The number of allylic oxidation sites excluding steroid dienone is 3. The molecule has 22 heavy (non-hydrogen) atoms. The van der Waals surface area contributed by atoms with Gasteiger partial charge in [-0.15, -0.1) is 8.97 Å². The lowest BCUT2D eigenvalue weighted by Gasteiger charge is -2.43. The fourth-order valence-electron chi connectivity index (χ4n) is 3.02. The fourth-order valence-corrected chi connectivity index (χ4v) is 4.49. The number of hydrogen-bond acceptors (Lipinski definition) is 6. The Balaban J connectivity index is 2.19. The van der Waals surface area contributed by atoms with Crippen LogP contribution in [0, 0.1) is 11.3 Å². The molecule has 1 aliphatic carbocycles. The van der Waals surface area contributed by atoms with E-state index in [1.54, 1.807) is 0 Å². The third-order valence-corrected chi connectivity index (χ3v) is 5.42. The SMILES string of the molecule is O=C1C=CC(O)=C(O)C1C1(C(=O)O)C(=O)[N+]2=C(F)CCS[C@H]21.